The number of carbonyl (C=O) groups is 1. The number of hydrogen-bond acceptors (Lipinski definition) is 2. The molecule has 0 aromatic heterocycles. The molecule has 2 heteroatoms. The summed E-state index contributed by atoms with van der Waals surface area (Å²) in [4.78, 5) is 11.5. The quantitative estimate of drug-likeness (QED) is 0.365. The number of fused-ring (bicyclic) bond motifs is 5. The minimum absolute atomic E-state index is 0.0911. The average Bonchev–Trinajstić information content (AvgIpc) is 3.11. The summed E-state index contributed by atoms with van der Waals surface area (Å²) in [5.41, 5.74) is 5.21. The van der Waals surface area contributed by atoms with Gasteiger partial charge in [0.15, 0.2) is 0 Å². The van der Waals surface area contributed by atoms with E-state index in [4.69, 9.17) is 4.74 Å². The predicted molar refractivity (Wildman–Crippen MR) is 131 cm³/mol. The van der Waals surface area contributed by atoms with Crippen molar-refractivity contribution in [1.29, 1.82) is 0 Å². The van der Waals surface area contributed by atoms with Crippen LogP contribution in [0.4, 0.5) is 0 Å². The highest BCUT2D eigenvalue weighted by molar-refractivity contribution is 5.66. The maximum atomic E-state index is 11.5. The zero-order valence-corrected chi connectivity index (χ0v) is 20.0. The van der Waals surface area contributed by atoms with Crippen LogP contribution in [0.5, 0.6) is 0 Å². The van der Waals surface area contributed by atoms with Gasteiger partial charge in [-0.15, -0.1) is 0 Å². The Hall–Kier alpha value is -2.09. The van der Waals surface area contributed by atoms with Gasteiger partial charge in [0.2, 0.25) is 0 Å². The molecule has 2 nitrogen and oxygen atoms in total. The molecule has 32 heavy (non-hydrogen) atoms. The molecule has 0 aliphatic heterocycles. The summed E-state index contributed by atoms with van der Waals surface area (Å²) >= 11 is 0. The van der Waals surface area contributed by atoms with E-state index in [0.29, 0.717) is 10.8 Å². The fourth-order valence-electron chi connectivity index (χ4n) is 7.82. The van der Waals surface area contributed by atoms with Crippen molar-refractivity contribution in [2.75, 3.05) is 0 Å². The number of hydrogen-bond donors (Lipinski definition) is 0. The smallest absolute Gasteiger partial charge is 0.302 e. The van der Waals surface area contributed by atoms with Gasteiger partial charge in [0.25, 0.3) is 0 Å². The highest BCUT2D eigenvalue weighted by Gasteiger charge is 2.56. The zero-order valence-electron chi connectivity index (χ0n) is 20.0. The Morgan fingerprint density at radius 3 is 2.59 bits per heavy atom. The summed E-state index contributed by atoms with van der Waals surface area (Å²) in [6.45, 7) is 6.62. The Morgan fingerprint density at radius 2 is 1.81 bits per heavy atom. The molecule has 4 aliphatic rings. The van der Waals surface area contributed by atoms with Crippen molar-refractivity contribution in [2.24, 2.45) is 28.6 Å². The minimum atomic E-state index is -0.132. The number of benzene rings is 1. The first-order chi connectivity index (χ1) is 15.4. The van der Waals surface area contributed by atoms with E-state index in [2.05, 4.69) is 68.5 Å². The van der Waals surface area contributed by atoms with Crippen LogP contribution in [0, 0.1) is 28.6 Å². The Bertz CT molecular complexity index is 954. The molecule has 1 aromatic carbocycles. The van der Waals surface area contributed by atoms with Crippen molar-refractivity contribution in [3.8, 4) is 0 Å². The third-order valence-corrected chi connectivity index (χ3v) is 9.58. The maximum Gasteiger partial charge on any atom is 0.302 e. The second-order valence-electron chi connectivity index (χ2n) is 11.2. The lowest BCUT2D eigenvalue weighted by molar-refractivity contribution is -0.148. The first-order valence-electron chi connectivity index (χ1n) is 12.7. The van der Waals surface area contributed by atoms with Crippen LogP contribution >= 0.6 is 0 Å². The molecular formula is C30H38O2. The van der Waals surface area contributed by atoms with Gasteiger partial charge in [-0.25, -0.2) is 0 Å². The number of carbonyl (C=O) groups excluding carboxylic acids is 1. The lowest BCUT2D eigenvalue weighted by Gasteiger charge is -2.57. The molecule has 0 spiro atoms. The number of rotatable bonds is 4. The van der Waals surface area contributed by atoms with Crippen LogP contribution in [0.25, 0.3) is 6.08 Å². The van der Waals surface area contributed by atoms with Crippen molar-refractivity contribution < 1.29 is 9.53 Å². The van der Waals surface area contributed by atoms with Gasteiger partial charge in [-0.1, -0.05) is 79.6 Å². The second-order valence-corrected chi connectivity index (χ2v) is 11.2. The Labute approximate surface area is 193 Å². The van der Waals surface area contributed by atoms with Gasteiger partial charge in [0.1, 0.15) is 6.10 Å². The highest BCUT2D eigenvalue weighted by Crippen LogP contribution is 2.65. The van der Waals surface area contributed by atoms with E-state index < -0.39 is 0 Å². The predicted octanol–water partition coefficient (Wildman–Crippen LogP) is 7.52. The fraction of sp³-hybridized carbons (Fsp3) is 0.567. The molecule has 4 aliphatic carbocycles. The Morgan fingerprint density at radius 1 is 1.03 bits per heavy atom. The lowest BCUT2D eigenvalue weighted by Crippen LogP contribution is -2.50. The van der Waals surface area contributed by atoms with E-state index in [1.807, 2.05) is 0 Å². The summed E-state index contributed by atoms with van der Waals surface area (Å²) in [6, 6.07) is 10.7. The standard InChI is InChI=1S/C30H38O2/c1-21(31)32-25-16-18-30(3)24(20-25)12-14-26-27-15-13-23(29(27,2)19-17-28(26)30)11-7-10-22-8-5-4-6-9-22/h4-10,12-13,25-28H,11,14-20H2,1-3H3/b10-7+/t25?,26?,27?,28?,29-,30+/m1/s1. The molecule has 2 fully saturated rings. The second kappa shape index (κ2) is 8.36. The van der Waals surface area contributed by atoms with Crippen molar-refractivity contribution in [3.05, 3.63) is 65.3 Å². The molecule has 4 unspecified atom stereocenters. The van der Waals surface area contributed by atoms with E-state index in [-0.39, 0.29) is 12.1 Å². The average molecular weight is 431 g/mol. The molecule has 0 bridgehead atoms. The summed E-state index contributed by atoms with van der Waals surface area (Å²) in [5, 5.41) is 0. The number of esters is 1. The SMILES string of the molecule is CC(=O)OC1CC[C@@]2(C)C(=CCC3C2CC[C@]2(C)C(C/C=C/c4ccccc4)=CCC32)C1. The Kier molecular flexibility index (Phi) is 5.68. The third-order valence-electron chi connectivity index (χ3n) is 9.58. The first-order valence-corrected chi connectivity index (χ1v) is 12.7. The molecule has 2 saturated carbocycles. The largest absolute Gasteiger partial charge is 0.462 e. The van der Waals surface area contributed by atoms with Crippen LogP contribution in [-0.4, -0.2) is 12.1 Å². The summed E-state index contributed by atoms with van der Waals surface area (Å²) in [7, 11) is 0. The molecule has 0 N–H and O–H groups in total. The normalized spacial score (nSPS) is 38.3. The van der Waals surface area contributed by atoms with Gasteiger partial charge >= 0.3 is 5.97 Å². The summed E-state index contributed by atoms with van der Waals surface area (Å²) in [5.74, 6) is 2.22. The van der Waals surface area contributed by atoms with E-state index in [1.165, 1.54) is 37.7 Å². The Balaban J connectivity index is 1.30. The van der Waals surface area contributed by atoms with E-state index in [9.17, 15) is 4.79 Å². The third kappa shape index (κ3) is 3.70. The molecule has 0 heterocycles. The topological polar surface area (TPSA) is 26.3 Å². The van der Waals surface area contributed by atoms with Crippen LogP contribution in [0.2, 0.25) is 0 Å². The van der Waals surface area contributed by atoms with Crippen LogP contribution < -0.4 is 0 Å². The molecule has 170 valence electrons. The molecule has 0 radical (unpaired) electrons. The van der Waals surface area contributed by atoms with Crippen LogP contribution in [0.1, 0.15) is 77.7 Å². The van der Waals surface area contributed by atoms with Crippen molar-refractivity contribution >= 4 is 12.0 Å². The van der Waals surface area contributed by atoms with Crippen LogP contribution in [0.15, 0.2) is 59.7 Å². The fourth-order valence-corrected chi connectivity index (χ4v) is 7.82. The summed E-state index contributed by atoms with van der Waals surface area (Å²) in [6.07, 6.45) is 19.2. The van der Waals surface area contributed by atoms with Crippen LogP contribution in [-0.2, 0) is 9.53 Å². The number of ether oxygens (including phenoxy) is 1. The van der Waals surface area contributed by atoms with Crippen LogP contribution in [0.3, 0.4) is 0 Å². The van der Waals surface area contributed by atoms with E-state index >= 15 is 0 Å². The summed E-state index contributed by atoms with van der Waals surface area (Å²) < 4.78 is 5.60. The molecule has 0 amide bonds. The van der Waals surface area contributed by atoms with Gasteiger partial charge in [-0.05, 0) is 79.1 Å². The van der Waals surface area contributed by atoms with Gasteiger partial charge in [0.05, 0.1) is 0 Å². The first kappa shape index (κ1) is 21.7. The van der Waals surface area contributed by atoms with E-state index in [0.717, 1.165) is 37.0 Å². The van der Waals surface area contributed by atoms with Crippen molar-refractivity contribution in [3.63, 3.8) is 0 Å². The van der Waals surface area contributed by atoms with Crippen molar-refractivity contribution in [1.82, 2.24) is 0 Å². The van der Waals surface area contributed by atoms with Crippen molar-refractivity contribution in [2.45, 2.75) is 78.2 Å². The van der Waals surface area contributed by atoms with Gasteiger partial charge in [0, 0.05) is 13.3 Å². The van der Waals surface area contributed by atoms with Gasteiger partial charge in [-0.2, -0.15) is 0 Å². The van der Waals surface area contributed by atoms with E-state index in [1.54, 1.807) is 18.1 Å². The van der Waals surface area contributed by atoms with Gasteiger partial charge in [-0.3, -0.25) is 4.79 Å². The molecule has 6 atom stereocenters. The highest BCUT2D eigenvalue weighted by atomic mass is 16.5. The molecular weight excluding hydrogens is 392 g/mol. The molecule has 5 rings (SSSR count). The minimum Gasteiger partial charge on any atom is -0.462 e. The molecule has 0 saturated heterocycles. The molecule has 1 aromatic rings. The monoisotopic (exact) mass is 430 g/mol. The number of allylic oxidation sites excluding steroid dienone is 4. The van der Waals surface area contributed by atoms with Gasteiger partial charge < -0.3 is 4.74 Å². The zero-order chi connectivity index (χ0) is 22.3. The lowest BCUT2D eigenvalue weighted by atomic mass is 9.47. The maximum absolute atomic E-state index is 11.5.